The number of hydrogen-bond acceptors (Lipinski definition) is 6. The minimum atomic E-state index is -0.0860. The fourth-order valence-corrected chi connectivity index (χ4v) is 4.18. The molecule has 3 heterocycles. The molecule has 9 heteroatoms. The summed E-state index contributed by atoms with van der Waals surface area (Å²) < 4.78 is 1.95. The van der Waals surface area contributed by atoms with Crippen molar-refractivity contribution >= 4 is 35.2 Å². The van der Waals surface area contributed by atoms with E-state index in [1.807, 2.05) is 47.0 Å². The summed E-state index contributed by atoms with van der Waals surface area (Å²) >= 11 is 7.80. The van der Waals surface area contributed by atoms with Gasteiger partial charge in [0.1, 0.15) is 0 Å². The maximum absolute atomic E-state index is 12.3. The van der Waals surface area contributed by atoms with Crippen LogP contribution in [-0.4, -0.2) is 44.5 Å². The van der Waals surface area contributed by atoms with Crippen LogP contribution in [0.3, 0.4) is 0 Å². The summed E-state index contributed by atoms with van der Waals surface area (Å²) in [6, 6.07) is 13.2. The molecule has 0 atom stereocenters. The summed E-state index contributed by atoms with van der Waals surface area (Å²) in [5.74, 6) is 0.916. The van der Waals surface area contributed by atoms with Gasteiger partial charge in [-0.15, -0.1) is 10.2 Å². The second-order valence-corrected chi connectivity index (χ2v) is 8.00. The normalized spacial score (nSPS) is 13.6. The van der Waals surface area contributed by atoms with Crippen molar-refractivity contribution in [1.82, 2.24) is 25.1 Å². The topological polar surface area (TPSA) is 75.9 Å². The number of thioether (sulfide) groups is 1. The first-order chi connectivity index (χ1) is 14.2. The van der Waals surface area contributed by atoms with Gasteiger partial charge >= 0.3 is 0 Å². The average molecular weight is 429 g/mol. The lowest BCUT2D eigenvalue weighted by atomic mass is 10.3. The zero-order chi connectivity index (χ0) is 20.1. The Morgan fingerprint density at radius 2 is 1.90 bits per heavy atom. The molecule has 29 heavy (non-hydrogen) atoms. The van der Waals surface area contributed by atoms with E-state index in [1.165, 1.54) is 11.8 Å². The summed E-state index contributed by atoms with van der Waals surface area (Å²) in [5.41, 5.74) is 1.64. The van der Waals surface area contributed by atoms with E-state index in [-0.39, 0.29) is 11.7 Å². The molecule has 1 aromatic carbocycles. The largest absolute Gasteiger partial charge is 0.350 e. The number of pyridine rings is 1. The van der Waals surface area contributed by atoms with E-state index in [4.69, 9.17) is 11.6 Å². The Labute approximate surface area is 178 Å². The smallest absolute Gasteiger partial charge is 0.232 e. The number of nitrogens with one attached hydrogen (secondary N) is 1. The number of carbonyl (C=O) groups excluding carboxylic acids is 1. The molecule has 0 radical (unpaired) electrons. The van der Waals surface area contributed by atoms with E-state index in [2.05, 4.69) is 25.4 Å². The molecular formula is C20H21ClN6OS. The number of nitrogens with zero attached hydrogens (tertiary/aromatic N) is 5. The summed E-state index contributed by atoms with van der Waals surface area (Å²) in [6.07, 6.45) is 3.98. The van der Waals surface area contributed by atoms with E-state index >= 15 is 0 Å². The molecule has 4 rings (SSSR count). The number of amides is 1. The highest BCUT2D eigenvalue weighted by Gasteiger charge is 2.23. The van der Waals surface area contributed by atoms with Crippen molar-refractivity contribution in [1.29, 1.82) is 0 Å². The van der Waals surface area contributed by atoms with Gasteiger partial charge in [-0.2, -0.15) is 0 Å². The van der Waals surface area contributed by atoms with Crippen molar-refractivity contribution in [3.8, 4) is 5.69 Å². The van der Waals surface area contributed by atoms with Crippen LogP contribution in [0.1, 0.15) is 18.5 Å². The Bertz CT molecular complexity index is 974. The van der Waals surface area contributed by atoms with Crippen LogP contribution < -0.4 is 10.2 Å². The monoisotopic (exact) mass is 428 g/mol. The molecule has 0 bridgehead atoms. The number of aromatic nitrogens is 4. The van der Waals surface area contributed by atoms with Gasteiger partial charge in [-0.1, -0.05) is 41.6 Å². The molecule has 1 aliphatic rings. The van der Waals surface area contributed by atoms with Gasteiger partial charge in [0.05, 0.1) is 28.7 Å². The summed E-state index contributed by atoms with van der Waals surface area (Å²) in [5, 5.41) is 12.9. The summed E-state index contributed by atoms with van der Waals surface area (Å²) in [7, 11) is 0. The summed E-state index contributed by atoms with van der Waals surface area (Å²) in [6.45, 7) is 2.28. The van der Waals surface area contributed by atoms with E-state index in [0.29, 0.717) is 16.7 Å². The minimum absolute atomic E-state index is 0.0860. The molecule has 0 spiro atoms. The molecule has 0 saturated carbocycles. The zero-order valence-corrected chi connectivity index (χ0v) is 17.4. The maximum atomic E-state index is 12.3. The predicted octanol–water partition coefficient (Wildman–Crippen LogP) is 3.32. The predicted molar refractivity (Wildman–Crippen MR) is 115 cm³/mol. The number of hydrogen-bond donors (Lipinski definition) is 1. The number of para-hydroxylation sites is 1. The molecule has 1 saturated heterocycles. The molecule has 2 aromatic heterocycles. The van der Waals surface area contributed by atoms with Crippen LogP contribution in [0, 0.1) is 0 Å². The average Bonchev–Trinajstić information content (AvgIpc) is 3.41. The number of anilines is 1. The highest BCUT2D eigenvalue weighted by atomic mass is 35.5. The van der Waals surface area contributed by atoms with Crippen LogP contribution in [-0.2, 0) is 11.3 Å². The van der Waals surface area contributed by atoms with Gasteiger partial charge in [-0.25, -0.2) is 0 Å². The second-order valence-electron chi connectivity index (χ2n) is 6.65. The number of rotatable bonds is 7. The van der Waals surface area contributed by atoms with Crippen molar-refractivity contribution in [2.24, 2.45) is 0 Å². The third kappa shape index (κ3) is 4.71. The molecule has 1 amide bonds. The van der Waals surface area contributed by atoms with Crippen molar-refractivity contribution in [2.75, 3.05) is 23.7 Å². The van der Waals surface area contributed by atoms with Crippen molar-refractivity contribution < 1.29 is 4.79 Å². The first-order valence-corrected chi connectivity index (χ1v) is 10.8. The lowest BCUT2D eigenvalue weighted by molar-refractivity contribution is -0.118. The fourth-order valence-electron chi connectivity index (χ4n) is 3.19. The molecule has 1 fully saturated rings. The third-order valence-electron chi connectivity index (χ3n) is 4.62. The van der Waals surface area contributed by atoms with Crippen molar-refractivity contribution in [3.05, 3.63) is 59.4 Å². The lowest BCUT2D eigenvalue weighted by Gasteiger charge is -2.19. The van der Waals surface area contributed by atoms with E-state index in [0.717, 1.165) is 43.3 Å². The Morgan fingerprint density at radius 1 is 1.10 bits per heavy atom. The molecule has 0 unspecified atom stereocenters. The standard InChI is InChI=1S/C20H21ClN6OS/c21-16-8-1-2-9-17(16)27-19(26-11-5-6-12-26)24-25-20(27)29-14-18(28)23-13-15-7-3-4-10-22-15/h1-4,7-10H,5-6,11-14H2,(H,23,28). The van der Waals surface area contributed by atoms with Gasteiger partial charge in [0.2, 0.25) is 11.9 Å². The number of benzene rings is 1. The van der Waals surface area contributed by atoms with Gasteiger partial charge in [0, 0.05) is 19.3 Å². The van der Waals surface area contributed by atoms with Crippen molar-refractivity contribution in [3.63, 3.8) is 0 Å². The summed E-state index contributed by atoms with van der Waals surface area (Å²) in [4.78, 5) is 18.7. The van der Waals surface area contributed by atoms with Gasteiger partial charge in [-0.05, 0) is 37.1 Å². The van der Waals surface area contributed by atoms with Crippen LogP contribution in [0.4, 0.5) is 5.95 Å². The second kappa shape index (κ2) is 9.28. The Hall–Kier alpha value is -2.58. The molecule has 1 N–H and O–H groups in total. The van der Waals surface area contributed by atoms with Crippen molar-refractivity contribution in [2.45, 2.75) is 24.5 Å². The Balaban J connectivity index is 1.49. The van der Waals surface area contributed by atoms with Gasteiger partial charge < -0.3 is 10.2 Å². The highest BCUT2D eigenvalue weighted by molar-refractivity contribution is 7.99. The quantitative estimate of drug-likeness (QED) is 0.582. The van der Waals surface area contributed by atoms with E-state index < -0.39 is 0 Å². The van der Waals surface area contributed by atoms with Crippen LogP contribution >= 0.6 is 23.4 Å². The zero-order valence-electron chi connectivity index (χ0n) is 15.8. The minimum Gasteiger partial charge on any atom is -0.350 e. The first-order valence-electron chi connectivity index (χ1n) is 9.47. The Morgan fingerprint density at radius 3 is 2.66 bits per heavy atom. The van der Waals surface area contributed by atoms with Crippen LogP contribution in [0.2, 0.25) is 5.02 Å². The number of carbonyl (C=O) groups is 1. The molecule has 150 valence electrons. The molecule has 0 aliphatic carbocycles. The molecule has 7 nitrogen and oxygen atoms in total. The van der Waals surface area contributed by atoms with Crippen LogP contribution in [0.15, 0.2) is 53.8 Å². The van der Waals surface area contributed by atoms with Crippen LogP contribution in [0.5, 0.6) is 0 Å². The molecule has 3 aromatic rings. The fraction of sp³-hybridized carbons (Fsp3) is 0.300. The van der Waals surface area contributed by atoms with E-state index in [9.17, 15) is 4.79 Å². The maximum Gasteiger partial charge on any atom is 0.232 e. The van der Waals surface area contributed by atoms with Gasteiger partial charge in [0.25, 0.3) is 0 Å². The highest BCUT2D eigenvalue weighted by Crippen LogP contribution is 2.31. The Kier molecular flexibility index (Phi) is 6.31. The van der Waals surface area contributed by atoms with Gasteiger partial charge in [0.15, 0.2) is 5.16 Å². The first kappa shape index (κ1) is 19.7. The number of halogens is 1. The van der Waals surface area contributed by atoms with Crippen LogP contribution in [0.25, 0.3) is 5.69 Å². The SMILES string of the molecule is O=C(CSc1nnc(N2CCCC2)n1-c1ccccc1Cl)NCc1ccccn1. The van der Waals surface area contributed by atoms with Gasteiger partial charge in [-0.3, -0.25) is 14.3 Å². The third-order valence-corrected chi connectivity index (χ3v) is 5.87. The molecular weight excluding hydrogens is 408 g/mol. The van der Waals surface area contributed by atoms with E-state index in [1.54, 1.807) is 6.20 Å². The molecule has 1 aliphatic heterocycles. The lowest BCUT2D eigenvalue weighted by Crippen LogP contribution is -2.25.